The van der Waals surface area contributed by atoms with Crippen molar-refractivity contribution in [1.29, 1.82) is 0 Å². The first-order valence-corrected chi connectivity index (χ1v) is 7.78. The average Bonchev–Trinajstić information content (AvgIpc) is 3.03. The van der Waals surface area contributed by atoms with Crippen LogP contribution in [0.1, 0.15) is 19.3 Å². The van der Waals surface area contributed by atoms with E-state index in [-0.39, 0.29) is 12.0 Å². The zero-order valence-electron chi connectivity index (χ0n) is 12.3. The molecule has 2 fully saturated rings. The van der Waals surface area contributed by atoms with Crippen molar-refractivity contribution < 1.29 is 9.53 Å². The van der Waals surface area contributed by atoms with Crippen LogP contribution in [0.5, 0.6) is 0 Å². The molecule has 0 saturated carbocycles. The smallest absolute Gasteiger partial charge is 0.227 e. The second kappa shape index (κ2) is 6.91. The number of nitrogens with zero attached hydrogens (tertiary/aromatic N) is 1. The van der Waals surface area contributed by atoms with Crippen LogP contribution in [0.4, 0.5) is 11.4 Å². The van der Waals surface area contributed by atoms with Crippen LogP contribution in [0.2, 0.25) is 0 Å². The third-order valence-electron chi connectivity index (χ3n) is 4.04. The molecule has 2 N–H and O–H groups in total. The number of hydrogen-bond acceptors (Lipinski definition) is 4. The Morgan fingerprint density at radius 3 is 2.71 bits per heavy atom. The molecule has 2 saturated heterocycles. The third-order valence-corrected chi connectivity index (χ3v) is 4.04. The van der Waals surface area contributed by atoms with Crippen molar-refractivity contribution in [2.75, 3.05) is 43.0 Å². The molecule has 5 heteroatoms. The van der Waals surface area contributed by atoms with E-state index in [2.05, 4.69) is 27.7 Å². The predicted molar refractivity (Wildman–Crippen MR) is 83.7 cm³/mol. The van der Waals surface area contributed by atoms with Crippen LogP contribution >= 0.6 is 0 Å². The van der Waals surface area contributed by atoms with Gasteiger partial charge < -0.3 is 20.3 Å². The molecule has 5 nitrogen and oxygen atoms in total. The number of anilines is 2. The van der Waals surface area contributed by atoms with Crippen LogP contribution in [0.15, 0.2) is 24.3 Å². The lowest BCUT2D eigenvalue weighted by atomic mass is 10.2. The van der Waals surface area contributed by atoms with E-state index in [1.165, 1.54) is 18.5 Å². The van der Waals surface area contributed by atoms with Gasteiger partial charge in [-0.3, -0.25) is 4.79 Å². The minimum absolute atomic E-state index is 0.0115. The SMILES string of the molecule is O=C(CC1CNCCO1)Nc1ccc(N2CCCC2)cc1. The number of carbonyl (C=O) groups is 1. The summed E-state index contributed by atoms with van der Waals surface area (Å²) in [5, 5.41) is 6.17. The fraction of sp³-hybridized carbons (Fsp3) is 0.562. The molecule has 1 unspecified atom stereocenters. The van der Waals surface area contributed by atoms with E-state index in [9.17, 15) is 4.79 Å². The van der Waals surface area contributed by atoms with E-state index in [1.54, 1.807) is 0 Å². The molecule has 3 rings (SSSR count). The van der Waals surface area contributed by atoms with Crippen molar-refractivity contribution in [3.63, 3.8) is 0 Å². The van der Waals surface area contributed by atoms with E-state index < -0.39 is 0 Å². The molecule has 2 aliphatic heterocycles. The predicted octanol–water partition coefficient (Wildman–Crippen LogP) is 1.60. The molecule has 0 radical (unpaired) electrons. The summed E-state index contributed by atoms with van der Waals surface area (Å²) >= 11 is 0. The molecular weight excluding hydrogens is 266 g/mol. The number of amides is 1. The Kier molecular flexibility index (Phi) is 4.72. The van der Waals surface area contributed by atoms with Gasteiger partial charge in [-0.05, 0) is 37.1 Å². The van der Waals surface area contributed by atoms with Gasteiger partial charge in [0.15, 0.2) is 0 Å². The molecule has 1 aromatic carbocycles. The largest absolute Gasteiger partial charge is 0.375 e. The van der Waals surface area contributed by atoms with Gasteiger partial charge in [0, 0.05) is 37.6 Å². The lowest BCUT2D eigenvalue weighted by Gasteiger charge is -2.23. The summed E-state index contributed by atoms with van der Waals surface area (Å²) in [6.07, 6.45) is 2.94. The molecule has 0 spiro atoms. The minimum atomic E-state index is -0.0115. The second-order valence-electron chi connectivity index (χ2n) is 5.69. The van der Waals surface area contributed by atoms with Crippen LogP contribution < -0.4 is 15.5 Å². The molecule has 0 aromatic heterocycles. The third kappa shape index (κ3) is 3.95. The van der Waals surface area contributed by atoms with E-state index in [0.29, 0.717) is 13.0 Å². The monoisotopic (exact) mass is 289 g/mol. The fourth-order valence-corrected chi connectivity index (χ4v) is 2.90. The number of carbonyl (C=O) groups excluding carboxylic acids is 1. The quantitative estimate of drug-likeness (QED) is 0.884. The van der Waals surface area contributed by atoms with Gasteiger partial charge in [-0.1, -0.05) is 0 Å². The molecule has 114 valence electrons. The Morgan fingerprint density at radius 2 is 2.05 bits per heavy atom. The van der Waals surface area contributed by atoms with Crippen molar-refractivity contribution in [3.05, 3.63) is 24.3 Å². The van der Waals surface area contributed by atoms with Gasteiger partial charge >= 0.3 is 0 Å². The molecule has 1 aromatic rings. The summed E-state index contributed by atoms with van der Waals surface area (Å²) in [6, 6.07) is 8.12. The van der Waals surface area contributed by atoms with Gasteiger partial charge in [0.1, 0.15) is 0 Å². The fourth-order valence-electron chi connectivity index (χ4n) is 2.90. The zero-order valence-corrected chi connectivity index (χ0v) is 12.3. The van der Waals surface area contributed by atoms with Crippen molar-refractivity contribution >= 4 is 17.3 Å². The lowest BCUT2D eigenvalue weighted by molar-refractivity contribution is -0.119. The number of hydrogen-bond donors (Lipinski definition) is 2. The van der Waals surface area contributed by atoms with Crippen molar-refractivity contribution in [2.45, 2.75) is 25.4 Å². The molecule has 1 amide bonds. The van der Waals surface area contributed by atoms with Crippen molar-refractivity contribution in [2.24, 2.45) is 0 Å². The number of ether oxygens (including phenoxy) is 1. The molecule has 2 aliphatic rings. The van der Waals surface area contributed by atoms with Gasteiger partial charge in [0.25, 0.3) is 0 Å². The number of nitrogens with one attached hydrogen (secondary N) is 2. The number of rotatable bonds is 4. The van der Waals surface area contributed by atoms with Crippen LogP contribution in [-0.4, -0.2) is 44.8 Å². The first kappa shape index (κ1) is 14.4. The van der Waals surface area contributed by atoms with Gasteiger partial charge in [0.2, 0.25) is 5.91 Å². The highest BCUT2D eigenvalue weighted by molar-refractivity contribution is 5.91. The van der Waals surface area contributed by atoms with E-state index >= 15 is 0 Å². The Labute approximate surface area is 125 Å². The highest BCUT2D eigenvalue weighted by Gasteiger charge is 2.17. The topological polar surface area (TPSA) is 53.6 Å². The van der Waals surface area contributed by atoms with Gasteiger partial charge in [-0.2, -0.15) is 0 Å². The molecule has 0 bridgehead atoms. The first-order valence-electron chi connectivity index (χ1n) is 7.78. The lowest BCUT2D eigenvalue weighted by Crippen LogP contribution is -2.40. The Balaban J connectivity index is 1.50. The summed E-state index contributed by atoms with van der Waals surface area (Å²) < 4.78 is 5.54. The van der Waals surface area contributed by atoms with Crippen LogP contribution in [-0.2, 0) is 9.53 Å². The van der Waals surface area contributed by atoms with E-state index in [4.69, 9.17) is 4.74 Å². The average molecular weight is 289 g/mol. The van der Waals surface area contributed by atoms with Gasteiger partial charge in [0.05, 0.1) is 19.1 Å². The maximum atomic E-state index is 12.0. The maximum absolute atomic E-state index is 12.0. The Bertz CT molecular complexity index is 463. The van der Waals surface area contributed by atoms with E-state index in [0.717, 1.165) is 31.9 Å². The molecule has 1 atom stereocenters. The minimum Gasteiger partial charge on any atom is -0.375 e. The Morgan fingerprint density at radius 1 is 1.29 bits per heavy atom. The van der Waals surface area contributed by atoms with Gasteiger partial charge in [-0.15, -0.1) is 0 Å². The molecule has 2 heterocycles. The second-order valence-corrected chi connectivity index (χ2v) is 5.69. The zero-order chi connectivity index (χ0) is 14.5. The van der Waals surface area contributed by atoms with E-state index in [1.807, 2.05) is 12.1 Å². The van der Waals surface area contributed by atoms with Gasteiger partial charge in [-0.25, -0.2) is 0 Å². The summed E-state index contributed by atoms with van der Waals surface area (Å²) in [5.41, 5.74) is 2.09. The molecule has 21 heavy (non-hydrogen) atoms. The molecular formula is C16H23N3O2. The standard InChI is InChI=1S/C16H23N3O2/c20-16(11-15-12-17-7-10-21-15)18-13-3-5-14(6-4-13)19-8-1-2-9-19/h3-6,15,17H,1-2,7-12H2,(H,18,20). The summed E-state index contributed by atoms with van der Waals surface area (Å²) in [7, 11) is 0. The van der Waals surface area contributed by atoms with Crippen molar-refractivity contribution in [3.8, 4) is 0 Å². The normalized spacial score (nSPS) is 22.3. The summed E-state index contributed by atoms with van der Waals surface area (Å²) in [4.78, 5) is 14.4. The highest BCUT2D eigenvalue weighted by atomic mass is 16.5. The van der Waals surface area contributed by atoms with Crippen LogP contribution in [0.25, 0.3) is 0 Å². The highest BCUT2D eigenvalue weighted by Crippen LogP contribution is 2.22. The van der Waals surface area contributed by atoms with Crippen LogP contribution in [0, 0.1) is 0 Å². The summed E-state index contributed by atoms with van der Waals surface area (Å²) in [5.74, 6) is 0.0117. The number of benzene rings is 1. The van der Waals surface area contributed by atoms with Crippen LogP contribution in [0.3, 0.4) is 0 Å². The summed E-state index contributed by atoms with van der Waals surface area (Å²) in [6.45, 7) is 4.58. The molecule has 0 aliphatic carbocycles. The van der Waals surface area contributed by atoms with Crippen molar-refractivity contribution in [1.82, 2.24) is 5.32 Å². The Hall–Kier alpha value is -1.59. The first-order chi connectivity index (χ1) is 10.3. The maximum Gasteiger partial charge on any atom is 0.227 e. The number of morpholine rings is 1.